The van der Waals surface area contributed by atoms with Crippen LogP contribution in [0.4, 0.5) is 0 Å². The van der Waals surface area contributed by atoms with E-state index < -0.39 is 0 Å². The van der Waals surface area contributed by atoms with E-state index in [1.54, 1.807) is 0 Å². The Hall–Kier alpha value is -0.790. The van der Waals surface area contributed by atoms with Gasteiger partial charge in [-0.2, -0.15) is 0 Å². The number of rotatable bonds is 2. The maximum Gasteiger partial charge on any atom is 0.245 e. The Kier molecular flexibility index (Phi) is 1.91. The van der Waals surface area contributed by atoms with Crippen molar-refractivity contribution < 1.29 is 4.79 Å². The minimum Gasteiger partial charge on any atom is -0.339 e. The molecule has 1 amide bonds. The van der Waals surface area contributed by atoms with E-state index in [0.29, 0.717) is 0 Å². The lowest BCUT2D eigenvalue weighted by atomic mass is 10.0. The van der Waals surface area contributed by atoms with Gasteiger partial charge in [-0.05, 0) is 37.2 Å². The molecule has 2 rings (SSSR count). The lowest BCUT2D eigenvalue weighted by molar-refractivity contribution is -0.125. The molecule has 66 valence electrons. The van der Waals surface area contributed by atoms with Gasteiger partial charge in [0.25, 0.3) is 0 Å². The van der Waals surface area contributed by atoms with Crippen LogP contribution >= 0.6 is 0 Å². The van der Waals surface area contributed by atoms with Crippen LogP contribution in [0.15, 0.2) is 12.7 Å². The van der Waals surface area contributed by atoms with Gasteiger partial charge in [-0.3, -0.25) is 4.79 Å². The molecule has 2 nitrogen and oxygen atoms in total. The summed E-state index contributed by atoms with van der Waals surface area (Å²) in [5.74, 6) is 1.85. The smallest absolute Gasteiger partial charge is 0.245 e. The molecule has 2 aliphatic rings. The van der Waals surface area contributed by atoms with Gasteiger partial charge in [0, 0.05) is 13.1 Å². The van der Waals surface area contributed by atoms with Gasteiger partial charge < -0.3 is 4.90 Å². The molecule has 1 aliphatic heterocycles. The molecule has 0 N–H and O–H groups in total. The van der Waals surface area contributed by atoms with Gasteiger partial charge in [0.05, 0.1) is 0 Å². The van der Waals surface area contributed by atoms with E-state index in [1.807, 2.05) is 4.90 Å². The second-order valence-electron chi connectivity index (χ2n) is 3.87. The van der Waals surface area contributed by atoms with Gasteiger partial charge in [0.1, 0.15) is 0 Å². The van der Waals surface area contributed by atoms with Crippen LogP contribution in [-0.4, -0.2) is 23.9 Å². The first kappa shape index (κ1) is 7.84. The Balaban J connectivity index is 1.88. The van der Waals surface area contributed by atoms with Crippen LogP contribution in [0.1, 0.15) is 19.3 Å². The zero-order valence-electron chi connectivity index (χ0n) is 7.33. The lowest BCUT2D eigenvalue weighted by Gasteiger charge is -2.13. The molecule has 2 heteroatoms. The molecule has 0 aromatic carbocycles. The Morgan fingerprint density at radius 1 is 1.33 bits per heavy atom. The first-order chi connectivity index (χ1) is 5.81. The predicted molar refractivity (Wildman–Crippen MR) is 47.6 cm³/mol. The van der Waals surface area contributed by atoms with Crippen molar-refractivity contribution in [1.29, 1.82) is 0 Å². The van der Waals surface area contributed by atoms with E-state index in [2.05, 4.69) is 6.58 Å². The van der Waals surface area contributed by atoms with Crippen LogP contribution < -0.4 is 0 Å². The molecule has 0 bridgehead atoms. The summed E-state index contributed by atoms with van der Waals surface area (Å²) in [4.78, 5) is 13.1. The third-order valence-corrected chi connectivity index (χ3v) is 3.00. The number of carbonyl (C=O) groups is 1. The number of likely N-dealkylation sites (tertiary alicyclic amines) is 1. The molecule has 0 radical (unpaired) electrons. The first-order valence-electron chi connectivity index (χ1n) is 4.72. The van der Waals surface area contributed by atoms with Gasteiger partial charge in [-0.1, -0.05) is 6.58 Å². The largest absolute Gasteiger partial charge is 0.339 e. The molecule has 0 spiro atoms. The Labute approximate surface area is 73.2 Å². The average molecular weight is 165 g/mol. The van der Waals surface area contributed by atoms with E-state index in [-0.39, 0.29) is 5.91 Å². The zero-order chi connectivity index (χ0) is 8.55. The van der Waals surface area contributed by atoms with E-state index in [1.165, 1.54) is 25.3 Å². The quantitative estimate of drug-likeness (QED) is 0.567. The third kappa shape index (κ3) is 1.38. The third-order valence-electron chi connectivity index (χ3n) is 3.00. The normalized spacial score (nSPS) is 29.0. The number of carbonyl (C=O) groups excluding carboxylic acids is 1. The van der Waals surface area contributed by atoms with Crippen LogP contribution in [0.2, 0.25) is 0 Å². The van der Waals surface area contributed by atoms with E-state index in [4.69, 9.17) is 0 Å². The van der Waals surface area contributed by atoms with Gasteiger partial charge in [0.2, 0.25) is 5.91 Å². The second kappa shape index (κ2) is 2.92. The summed E-state index contributed by atoms with van der Waals surface area (Å²) in [6, 6.07) is 0. The summed E-state index contributed by atoms with van der Waals surface area (Å²) >= 11 is 0. The molecule has 0 aromatic rings. The molecule has 0 aromatic heterocycles. The Morgan fingerprint density at radius 3 is 2.67 bits per heavy atom. The van der Waals surface area contributed by atoms with Crippen molar-refractivity contribution in [1.82, 2.24) is 4.90 Å². The van der Waals surface area contributed by atoms with Crippen molar-refractivity contribution in [3.8, 4) is 0 Å². The van der Waals surface area contributed by atoms with Crippen molar-refractivity contribution in [2.45, 2.75) is 19.3 Å². The van der Waals surface area contributed by atoms with Gasteiger partial charge >= 0.3 is 0 Å². The van der Waals surface area contributed by atoms with Gasteiger partial charge in [-0.15, -0.1) is 0 Å². The number of amides is 1. The van der Waals surface area contributed by atoms with Gasteiger partial charge in [0.15, 0.2) is 0 Å². The highest BCUT2D eigenvalue weighted by Gasteiger charge is 2.36. The fourth-order valence-corrected chi connectivity index (χ4v) is 2.07. The first-order valence-corrected chi connectivity index (χ1v) is 4.72. The van der Waals surface area contributed by atoms with E-state index in [9.17, 15) is 4.79 Å². The molecule has 1 heterocycles. The minimum atomic E-state index is 0.109. The maximum atomic E-state index is 11.2. The highest BCUT2D eigenvalue weighted by molar-refractivity contribution is 5.87. The number of hydrogen-bond donors (Lipinski definition) is 0. The van der Waals surface area contributed by atoms with Crippen LogP contribution in [0, 0.1) is 11.8 Å². The topological polar surface area (TPSA) is 20.3 Å². The summed E-state index contributed by atoms with van der Waals surface area (Å²) < 4.78 is 0. The van der Waals surface area contributed by atoms with Crippen molar-refractivity contribution in [3.63, 3.8) is 0 Å². The molecule has 2 fully saturated rings. The number of nitrogens with zero attached hydrogens (tertiary/aromatic N) is 1. The fourth-order valence-electron chi connectivity index (χ4n) is 2.07. The van der Waals surface area contributed by atoms with E-state index >= 15 is 0 Å². The van der Waals surface area contributed by atoms with Gasteiger partial charge in [-0.25, -0.2) is 0 Å². The number of hydrogen-bond acceptors (Lipinski definition) is 1. The molecule has 1 atom stereocenters. The molecule has 1 unspecified atom stereocenters. The molecular formula is C10H15NO. The van der Waals surface area contributed by atoms with Crippen molar-refractivity contribution in [2.24, 2.45) is 11.8 Å². The average Bonchev–Trinajstić information content (AvgIpc) is 2.83. The monoisotopic (exact) mass is 165 g/mol. The van der Waals surface area contributed by atoms with E-state index in [0.717, 1.165) is 24.9 Å². The summed E-state index contributed by atoms with van der Waals surface area (Å²) in [7, 11) is 0. The molecule has 1 saturated carbocycles. The SMILES string of the molecule is C=CC(=O)N1CCC(C2CC2)C1. The van der Waals surface area contributed by atoms with Crippen LogP contribution in [0.5, 0.6) is 0 Å². The van der Waals surface area contributed by atoms with Crippen molar-refractivity contribution in [2.75, 3.05) is 13.1 Å². The highest BCUT2D eigenvalue weighted by Crippen LogP contribution is 2.41. The van der Waals surface area contributed by atoms with Crippen LogP contribution in [-0.2, 0) is 4.79 Å². The second-order valence-corrected chi connectivity index (χ2v) is 3.87. The van der Waals surface area contributed by atoms with Crippen molar-refractivity contribution in [3.05, 3.63) is 12.7 Å². The van der Waals surface area contributed by atoms with Crippen LogP contribution in [0.3, 0.4) is 0 Å². The zero-order valence-corrected chi connectivity index (χ0v) is 7.33. The minimum absolute atomic E-state index is 0.109. The highest BCUT2D eigenvalue weighted by atomic mass is 16.2. The Bertz CT molecular complexity index is 208. The standard InChI is InChI=1S/C10H15NO/c1-2-10(12)11-6-5-9(7-11)8-3-4-8/h2,8-9H,1,3-7H2. The van der Waals surface area contributed by atoms with Crippen LogP contribution in [0.25, 0.3) is 0 Å². The molecule has 1 aliphatic carbocycles. The lowest BCUT2D eigenvalue weighted by Crippen LogP contribution is -2.26. The Morgan fingerprint density at radius 2 is 2.08 bits per heavy atom. The molecular weight excluding hydrogens is 150 g/mol. The summed E-state index contributed by atoms with van der Waals surface area (Å²) in [5, 5.41) is 0. The summed E-state index contributed by atoms with van der Waals surface area (Å²) in [6.07, 6.45) is 5.42. The fraction of sp³-hybridized carbons (Fsp3) is 0.700. The molecule has 12 heavy (non-hydrogen) atoms. The van der Waals surface area contributed by atoms with Crippen molar-refractivity contribution >= 4 is 5.91 Å². The summed E-state index contributed by atoms with van der Waals surface area (Å²) in [6.45, 7) is 5.43. The summed E-state index contributed by atoms with van der Waals surface area (Å²) in [5.41, 5.74) is 0. The molecule has 1 saturated heterocycles. The predicted octanol–water partition coefficient (Wildman–Crippen LogP) is 1.43. The maximum absolute atomic E-state index is 11.2.